The summed E-state index contributed by atoms with van der Waals surface area (Å²) in [6.07, 6.45) is 6.14. The summed E-state index contributed by atoms with van der Waals surface area (Å²) in [5, 5.41) is 12.3. The lowest BCUT2D eigenvalue weighted by Crippen LogP contribution is -2.57. The van der Waals surface area contributed by atoms with Crippen LogP contribution < -0.4 is 5.32 Å². The fourth-order valence-corrected chi connectivity index (χ4v) is 2.51. The van der Waals surface area contributed by atoms with Gasteiger partial charge in [0.2, 0.25) is 0 Å². The fourth-order valence-electron chi connectivity index (χ4n) is 2.51. The number of hydrogen-bond donors (Lipinski definition) is 2. The lowest BCUT2D eigenvalue weighted by atomic mass is 10.0. The molecule has 100 valence electrons. The summed E-state index contributed by atoms with van der Waals surface area (Å²) in [6, 6.07) is 0.0416. The molecule has 2 unspecified atom stereocenters. The molecule has 0 aromatic carbocycles. The number of hydrogen-bond acceptors (Lipinski definition) is 3. The van der Waals surface area contributed by atoms with Gasteiger partial charge in [-0.3, -0.25) is 9.69 Å². The van der Waals surface area contributed by atoms with E-state index in [9.17, 15) is 9.90 Å². The molecule has 1 rings (SSSR count). The first kappa shape index (κ1) is 14.5. The molecule has 2 atom stereocenters. The molecule has 0 radical (unpaired) electrons. The molecule has 0 bridgehead atoms. The number of nitrogens with one attached hydrogen (secondary N) is 1. The molecule has 2 N–H and O–H groups in total. The zero-order valence-electron chi connectivity index (χ0n) is 11.1. The Balaban J connectivity index is 2.36. The molecular formula is C13H26N2O2. The van der Waals surface area contributed by atoms with Crippen LogP contribution in [-0.4, -0.2) is 47.7 Å². The molecule has 1 aliphatic rings. The highest BCUT2D eigenvalue weighted by Gasteiger charge is 2.31. The number of carboxylic acids is 1. The Morgan fingerprint density at radius 1 is 1.47 bits per heavy atom. The second-order valence-electron chi connectivity index (χ2n) is 4.99. The Kier molecular flexibility index (Phi) is 6.52. The molecular weight excluding hydrogens is 216 g/mol. The maximum absolute atomic E-state index is 11.2. The Hall–Kier alpha value is -0.610. The quantitative estimate of drug-likeness (QED) is 0.667. The van der Waals surface area contributed by atoms with Gasteiger partial charge in [-0.15, -0.1) is 0 Å². The van der Waals surface area contributed by atoms with Crippen molar-refractivity contribution in [3.63, 3.8) is 0 Å². The van der Waals surface area contributed by atoms with Gasteiger partial charge in [-0.2, -0.15) is 0 Å². The highest BCUT2D eigenvalue weighted by atomic mass is 16.4. The van der Waals surface area contributed by atoms with Crippen molar-refractivity contribution in [3.05, 3.63) is 0 Å². The topological polar surface area (TPSA) is 52.6 Å². The summed E-state index contributed by atoms with van der Waals surface area (Å²) in [6.45, 7) is 6.71. The number of carboxylic acid groups (broad SMARTS) is 1. The van der Waals surface area contributed by atoms with Gasteiger partial charge in [-0.1, -0.05) is 32.6 Å². The van der Waals surface area contributed by atoms with Crippen LogP contribution in [0.1, 0.15) is 46.0 Å². The van der Waals surface area contributed by atoms with Crippen molar-refractivity contribution < 1.29 is 9.90 Å². The average Bonchev–Trinajstić information content (AvgIpc) is 2.34. The van der Waals surface area contributed by atoms with Gasteiger partial charge in [0, 0.05) is 25.7 Å². The van der Waals surface area contributed by atoms with Crippen LogP contribution in [-0.2, 0) is 4.79 Å². The molecule has 0 amide bonds. The molecule has 0 spiro atoms. The SMILES string of the molecule is CCCCCCC(C)N1CCNCC1C(=O)O. The van der Waals surface area contributed by atoms with E-state index in [1.807, 2.05) is 0 Å². The summed E-state index contributed by atoms with van der Waals surface area (Å²) in [5.41, 5.74) is 0. The average molecular weight is 242 g/mol. The van der Waals surface area contributed by atoms with Gasteiger partial charge in [-0.25, -0.2) is 0 Å². The van der Waals surface area contributed by atoms with Crippen LogP contribution in [0, 0.1) is 0 Å². The van der Waals surface area contributed by atoms with Crippen molar-refractivity contribution in [3.8, 4) is 0 Å². The van der Waals surface area contributed by atoms with Gasteiger partial charge in [-0.05, 0) is 13.3 Å². The summed E-state index contributed by atoms with van der Waals surface area (Å²) in [5.74, 6) is -0.697. The predicted octanol–water partition coefficient (Wildman–Crippen LogP) is 1.70. The minimum absolute atomic E-state index is 0.343. The molecule has 0 aromatic heterocycles. The van der Waals surface area contributed by atoms with Gasteiger partial charge in [0.05, 0.1) is 0 Å². The van der Waals surface area contributed by atoms with E-state index in [4.69, 9.17) is 0 Å². The van der Waals surface area contributed by atoms with Crippen molar-refractivity contribution in [2.75, 3.05) is 19.6 Å². The summed E-state index contributed by atoms with van der Waals surface area (Å²) in [7, 11) is 0. The van der Waals surface area contributed by atoms with Gasteiger partial charge in [0.25, 0.3) is 0 Å². The lowest BCUT2D eigenvalue weighted by Gasteiger charge is -2.38. The Labute approximate surface area is 104 Å². The summed E-state index contributed by atoms with van der Waals surface area (Å²) < 4.78 is 0. The fraction of sp³-hybridized carbons (Fsp3) is 0.923. The van der Waals surface area contributed by atoms with Gasteiger partial charge >= 0.3 is 5.97 Å². The van der Waals surface area contributed by atoms with E-state index >= 15 is 0 Å². The molecule has 0 aromatic rings. The van der Waals surface area contributed by atoms with Crippen molar-refractivity contribution in [2.45, 2.75) is 58.0 Å². The van der Waals surface area contributed by atoms with E-state index in [0.717, 1.165) is 19.5 Å². The van der Waals surface area contributed by atoms with E-state index < -0.39 is 5.97 Å². The smallest absolute Gasteiger partial charge is 0.322 e. The molecule has 4 nitrogen and oxygen atoms in total. The van der Waals surface area contributed by atoms with Gasteiger partial charge < -0.3 is 10.4 Å². The molecule has 1 aliphatic heterocycles. The minimum atomic E-state index is -0.697. The van der Waals surface area contributed by atoms with Crippen LogP contribution in [0.25, 0.3) is 0 Å². The van der Waals surface area contributed by atoms with Crippen LogP contribution in [0.3, 0.4) is 0 Å². The van der Waals surface area contributed by atoms with Gasteiger partial charge in [0.15, 0.2) is 0 Å². The third-order valence-electron chi connectivity index (χ3n) is 3.61. The first-order valence-corrected chi connectivity index (χ1v) is 6.86. The number of piperazine rings is 1. The Bertz CT molecular complexity index is 233. The zero-order chi connectivity index (χ0) is 12.7. The van der Waals surface area contributed by atoms with Crippen LogP contribution >= 0.6 is 0 Å². The standard InChI is InChI=1S/C13H26N2O2/c1-3-4-5-6-7-11(2)15-9-8-14-10-12(15)13(16)17/h11-12,14H,3-10H2,1-2H3,(H,16,17). The second-order valence-corrected chi connectivity index (χ2v) is 4.99. The molecule has 4 heteroatoms. The third kappa shape index (κ3) is 4.64. The van der Waals surface area contributed by atoms with Crippen molar-refractivity contribution in [1.82, 2.24) is 10.2 Å². The minimum Gasteiger partial charge on any atom is -0.480 e. The number of unbranched alkanes of at least 4 members (excludes halogenated alkanes) is 3. The van der Waals surface area contributed by atoms with Crippen LogP contribution in [0.2, 0.25) is 0 Å². The summed E-state index contributed by atoms with van der Waals surface area (Å²) in [4.78, 5) is 13.3. The lowest BCUT2D eigenvalue weighted by molar-refractivity contribution is -0.145. The number of carbonyl (C=O) groups is 1. The monoisotopic (exact) mass is 242 g/mol. The Morgan fingerprint density at radius 2 is 2.24 bits per heavy atom. The first-order chi connectivity index (χ1) is 8.16. The van der Waals surface area contributed by atoms with Crippen molar-refractivity contribution >= 4 is 5.97 Å². The van der Waals surface area contributed by atoms with Crippen molar-refractivity contribution in [1.29, 1.82) is 0 Å². The molecule has 1 fully saturated rings. The number of rotatable bonds is 7. The van der Waals surface area contributed by atoms with E-state index in [1.165, 1.54) is 25.7 Å². The molecule has 0 aliphatic carbocycles. The highest BCUT2D eigenvalue weighted by Crippen LogP contribution is 2.15. The van der Waals surface area contributed by atoms with E-state index in [0.29, 0.717) is 12.6 Å². The number of nitrogens with zero attached hydrogens (tertiary/aromatic N) is 1. The Morgan fingerprint density at radius 3 is 2.88 bits per heavy atom. The maximum Gasteiger partial charge on any atom is 0.322 e. The van der Waals surface area contributed by atoms with E-state index in [-0.39, 0.29) is 6.04 Å². The molecule has 0 saturated carbocycles. The number of aliphatic carboxylic acids is 1. The van der Waals surface area contributed by atoms with Gasteiger partial charge in [0.1, 0.15) is 6.04 Å². The highest BCUT2D eigenvalue weighted by molar-refractivity contribution is 5.74. The molecule has 1 heterocycles. The summed E-state index contributed by atoms with van der Waals surface area (Å²) >= 11 is 0. The van der Waals surface area contributed by atoms with E-state index in [1.54, 1.807) is 0 Å². The molecule has 1 saturated heterocycles. The normalized spacial score (nSPS) is 23.5. The third-order valence-corrected chi connectivity index (χ3v) is 3.61. The van der Waals surface area contributed by atoms with Crippen LogP contribution in [0.4, 0.5) is 0 Å². The molecule has 17 heavy (non-hydrogen) atoms. The van der Waals surface area contributed by atoms with Crippen LogP contribution in [0.15, 0.2) is 0 Å². The second kappa shape index (κ2) is 7.67. The zero-order valence-corrected chi connectivity index (χ0v) is 11.1. The maximum atomic E-state index is 11.2. The van der Waals surface area contributed by atoms with E-state index in [2.05, 4.69) is 24.1 Å². The predicted molar refractivity (Wildman–Crippen MR) is 69.2 cm³/mol. The first-order valence-electron chi connectivity index (χ1n) is 6.86. The van der Waals surface area contributed by atoms with Crippen molar-refractivity contribution in [2.24, 2.45) is 0 Å². The largest absolute Gasteiger partial charge is 0.480 e. The van der Waals surface area contributed by atoms with Crippen LogP contribution in [0.5, 0.6) is 0 Å².